The number of carbonyl (C=O) groups excluding carboxylic acids is 1. The van der Waals surface area contributed by atoms with Crippen LogP contribution in [0.25, 0.3) is 0 Å². The molecule has 144 valence electrons. The lowest BCUT2D eigenvalue weighted by Gasteiger charge is -2.38. The number of ether oxygens (including phenoxy) is 2. The maximum absolute atomic E-state index is 12.7. The fourth-order valence-electron chi connectivity index (χ4n) is 3.28. The third-order valence-corrected chi connectivity index (χ3v) is 4.50. The second kappa shape index (κ2) is 8.01. The van der Waals surface area contributed by atoms with Crippen molar-refractivity contribution in [3.05, 3.63) is 65.2 Å². The van der Waals surface area contributed by atoms with Crippen molar-refractivity contribution < 1.29 is 19.4 Å². The number of nitrogens with zero attached hydrogens (tertiary/aromatic N) is 1. The van der Waals surface area contributed by atoms with E-state index in [2.05, 4.69) is 0 Å². The van der Waals surface area contributed by atoms with E-state index in [1.54, 1.807) is 17.0 Å². The molecule has 0 fully saturated rings. The normalized spacial score (nSPS) is 16.7. The average molecular weight is 369 g/mol. The molecule has 0 bridgehead atoms. The van der Waals surface area contributed by atoms with Crippen LogP contribution in [0.15, 0.2) is 48.5 Å². The molecule has 1 atom stereocenters. The van der Waals surface area contributed by atoms with Crippen molar-refractivity contribution in [1.29, 1.82) is 0 Å². The number of phenols is 1. The molecule has 1 aliphatic heterocycles. The van der Waals surface area contributed by atoms with E-state index in [4.69, 9.17) is 9.47 Å². The molecule has 2 aromatic rings. The molecule has 2 aromatic carbocycles. The van der Waals surface area contributed by atoms with Crippen LogP contribution in [-0.4, -0.2) is 34.9 Å². The molecule has 0 spiro atoms. The average Bonchev–Trinajstić information content (AvgIpc) is 2.61. The Balaban J connectivity index is 1.78. The van der Waals surface area contributed by atoms with Crippen LogP contribution in [0.2, 0.25) is 0 Å². The van der Waals surface area contributed by atoms with Crippen LogP contribution < -0.4 is 0 Å². The van der Waals surface area contributed by atoms with Gasteiger partial charge in [-0.25, -0.2) is 4.79 Å². The highest BCUT2D eigenvalue weighted by Crippen LogP contribution is 2.33. The van der Waals surface area contributed by atoms with Gasteiger partial charge in [0.1, 0.15) is 11.4 Å². The standard InChI is InChI=1S/C22H27NO4/c1-22(2,3)27-21(25)23-12-11-17-13-18(24)9-10-19(17)20(23)15-26-14-16-7-5-4-6-8-16/h4-10,13,20,24H,11-12,14-15H2,1-3H3. The molecule has 5 heteroatoms. The highest BCUT2D eigenvalue weighted by molar-refractivity contribution is 5.69. The monoisotopic (exact) mass is 369 g/mol. The quantitative estimate of drug-likeness (QED) is 0.865. The van der Waals surface area contributed by atoms with Gasteiger partial charge >= 0.3 is 6.09 Å². The Labute approximate surface area is 160 Å². The van der Waals surface area contributed by atoms with Crippen molar-refractivity contribution in [1.82, 2.24) is 4.90 Å². The predicted octanol–water partition coefficient (Wildman–Crippen LogP) is 4.44. The summed E-state index contributed by atoms with van der Waals surface area (Å²) in [5.41, 5.74) is 2.58. The van der Waals surface area contributed by atoms with Gasteiger partial charge in [0.2, 0.25) is 0 Å². The van der Waals surface area contributed by atoms with Crippen molar-refractivity contribution >= 4 is 6.09 Å². The zero-order valence-electron chi connectivity index (χ0n) is 16.1. The fourth-order valence-corrected chi connectivity index (χ4v) is 3.28. The van der Waals surface area contributed by atoms with E-state index in [1.165, 1.54) is 0 Å². The molecular formula is C22H27NO4. The number of carbonyl (C=O) groups is 1. The molecule has 1 N–H and O–H groups in total. The maximum Gasteiger partial charge on any atom is 0.410 e. The van der Waals surface area contributed by atoms with Gasteiger partial charge in [-0.3, -0.25) is 4.90 Å². The smallest absolute Gasteiger partial charge is 0.410 e. The zero-order chi connectivity index (χ0) is 19.4. The second-order valence-electron chi connectivity index (χ2n) is 7.82. The molecule has 1 heterocycles. The Bertz CT molecular complexity index is 783. The Morgan fingerprint density at radius 3 is 2.63 bits per heavy atom. The van der Waals surface area contributed by atoms with Gasteiger partial charge in [-0.15, -0.1) is 0 Å². The maximum atomic E-state index is 12.7. The highest BCUT2D eigenvalue weighted by Gasteiger charge is 2.34. The molecule has 0 aliphatic carbocycles. The summed E-state index contributed by atoms with van der Waals surface area (Å²) in [7, 11) is 0. The Morgan fingerprint density at radius 2 is 1.93 bits per heavy atom. The minimum absolute atomic E-state index is 0.239. The van der Waals surface area contributed by atoms with E-state index in [1.807, 2.05) is 57.2 Å². The summed E-state index contributed by atoms with van der Waals surface area (Å²) >= 11 is 0. The number of benzene rings is 2. The van der Waals surface area contributed by atoms with Gasteiger partial charge in [0.25, 0.3) is 0 Å². The number of hydrogen-bond acceptors (Lipinski definition) is 4. The van der Waals surface area contributed by atoms with Crippen LogP contribution in [0, 0.1) is 0 Å². The summed E-state index contributed by atoms with van der Waals surface area (Å²) in [6.45, 7) is 6.97. The molecule has 1 aliphatic rings. The first kappa shape index (κ1) is 19.2. The molecule has 0 saturated carbocycles. The minimum atomic E-state index is -0.554. The van der Waals surface area contributed by atoms with Gasteiger partial charge in [0.05, 0.1) is 19.3 Å². The van der Waals surface area contributed by atoms with Crippen LogP contribution in [-0.2, 0) is 22.5 Å². The summed E-state index contributed by atoms with van der Waals surface area (Å²) in [6.07, 6.45) is 0.340. The molecule has 3 rings (SSSR count). The summed E-state index contributed by atoms with van der Waals surface area (Å²) in [5.74, 6) is 0.239. The molecule has 1 unspecified atom stereocenters. The van der Waals surface area contributed by atoms with E-state index in [0.29, 0.717) is 26.2 Å². The van der Waals surface area contributed by atoms with Crippen LogP contribution >= 0.6 is 0 Å². The van der Waals surface area contributed by atoms with E-state index >= 15 is 0 Å². The van der Waals surface area contributed by atoms with Crippen molar-refractivity contribution in [2.24, 2.45) is 0 Å². The minimum Gasteiger partial charge on any atom is -0.508 e. The summed E-state index contributed by atoms with van der Waals surface area (Å²) in [4.78, 5) is 14.5. The van der Waals surface area contributed by atoms with E-state index in [9.17, 15) is 9.90 Å². The molecule has 5 nitrogen and oxygen atoms in total. The van der Waals surface area contributed by atoms with E-state index < -0.39 is 5.60 Å². The van der Waals surface area contributed by atoms with Gasteiger partial charge in [-0.1, -0.05) is 36.4 Å². The predicted molar refractivity (Wildman–Crippen MR) is 104 cm³/mol. The lowest BCUT2D eigenvalue weighted by molar-refractivity contribution is -0.00411. The largest absolute Gasteiger partial charge is 0.508 e. The van der Waals surface area contributed by atoms with Gasteiger partial charge < -0.3 is 14.6 Å². The molecule has 1 amide bonds. The second-order valence-corrected chi connectivity index (χ2v) is 7.82. The first-order valence-corrected chi connectivity index (χ1v) is 9.26. The van der Waals surface area contributed by atoms with Crippen LogP contribution in [0.3, 0.4) is 0 Å². The van der Waals surface area contributed by atoms with Gasteiger partial charge in [-0.05, 0) is 56.0 Å². The third kappa shape index (κ3) is 5.01. The zero-order valence-corrected chi connectivity index (χ0v) is 16.1. The lowest BCUT2D eigenvalue weighted by atomic mass is 9.93. The Kier molecular flexibility index (Phi) is 5.71. The fraction of sp³-hybridized carbons (Fsp3) is 0.409. The lowest BCUT2D eigenvalue weighted by Crippen LogP contribution is -2.44. The number of hydrogen-bond donors (Lipinski definition) is 1. The summed E-state index contributed by atoms with van der Waals surface area (Å²) < 4.78 is 11.5. The van der Waals surface area contributed by atoms with Crippen molar-refractivity contribution in [3.63, 3.8) is 0 Å². The van der Waals surface area contributed by atoms with Crippen molar-refractivity contribution in [2.45, 2.75) is 45.4 Å². The number of rotatable bonds is 4. The van der Waals surface area contributed by atoms with E-state index in [0.717, 1.165) is 16.7 Å². The summed E-state index contributed by atoms with van der Waals surface area (Å²) in [5, 5.41) is 9.79. The Morgan fingerprint density at radius 1 is 1.19 bits per heavy atom. The van der Waals surface area contributed by atoms with Crippen LogP contribution in [0.4, 0.5) is 4.79 Å². The molecule has 0 aromatic heterocycles. The van der Waals surface area contributed by atoms with Crippen LogP contribution in [0.5, 0.6) is 5.75 Å². The van der Waals surface area contributed by atoms with Crippen molar-refractivity contribution in [3.8, 4) is 5.75 Å². The van der Waals surface area contributed by atoms with Gasteiger partial charge in [0.15, 0.2) is 0 Å². The topological polar surface area (TPSA) is 59.0 Å². The SMILES string of the molecule is CC(C)(C)OC(=O)N1CCc2cc(O)ccc2C1COCc1ccccc1. The molecular weight excluding hydrogens is 342 g/mol. The summed E-state index contributed by atoms with van der Waals surface area (Å²) in [6, 6.07) is 15.0. The first-order valence-electron chi connectivity index (χ1n) is 9.26. The third-order valence-electron chi connectivity index (χ3n) is 4.50. The van der Waals surface area contributed by atoms with E-state index in [-0.39, 0.29) is 17.9 Å². The highest BCUT2D eigenvalue weighted by atomic mass is 16.6. The number of amides is 1. The number of phenolic OH excluding ortho intramolecular Hbond substituents is 1. The first-order chi connectivity index (χ1) is 12.8. The van der Waals surface area contributed by atoms with Crippen molar-refractivity contribution in [2.75, 3.05) is 13.2 Å². The van der Waals surface area contributed by atoms with Gasteiger partial charge in [-0.2, -0.15) is 0 Å². The molecule has 0 saturated heterocycles. The number of fused-ring (bicyclic) bond motifs is 1. The Hall–Kier alpha value is -2.53. The molecule has 0 radical (unpaired) electrons. The molecule has 27 heavy (non-hydrogen) atoms. The van der Waals surface area contributed by atoms with Crippen LogP contribution in [0.1, 0.15) is 43.5 Å². The van der Waals surface area contributed by atoms with Gasteiger partial charge in [0, 0.05) is 6.54 Å². The number of aromatic hydroxyl groups is 1.